The molecule has 3 heteroatoms. The fourth-order valence-electron chi connectivity index (χ4n) is 1.84. The smallest absolute Gasteiger partial charge is 0.265 e. The first-order valence-corrected chi connectivity index (χ1v) is 6.65. The Morgan fingerprint density at radius 3 is 2.40 bits per heavy atom. The van der Waals surface area contributed by atoms with Gasteiger partial charge in [0.15, 0.2) is 6.10 Å². The second-order valence-corrected chi connectivity index (χ2v) is 4.93. The van der Waals surface area contributed by atoms with E-state index < -0.39 is 6.10 Å². The number of aryl methyl sites for hydroxylation is 2. The quantitative estimate of drug-likeness (QED) is 0.919. The second kappa shape index (κ2) is 6.24. The predicted octanol–water partition coefficient (Wildman–Crippen LogP) is 3.71. The van der Waals surface area contributed by atoms with E-state index in [9.17, 15) is 4.79 Å². The number of hydrogen-bond donors (Lipinski definition) is 1. The van der Waals surface area contributed by atoms with Gasteiger partial charge in [0.2, 0.25) is 0 Å². The summed E-state index contributed by atoms with van der Waals surface area (Å²) in [5.41, 5.74) is 3.05. The first-order chi connectivity index (χ1) is 9.54. The molecule has 2 aromatic carbocycles. The molecular formula is C17H19NO2. The third-order valence-corrected chi connectivity index (χ3v) is 2.99. The lowest BCUT2D eigenvalue weighted by Gasteiger charge is -2.15. The molecule has 20 heavy (non-hydrogen) atoms. The minimum absolute atomic E-state index is 0.156. The summed E-state index contributed by atoms with van der Waals surface area (Å²) in [4.78, 5) is 12.1. The topological polar surface area (TPSA) is 38.3 Å². The van der Waals surface area contributed by atoms with Gasteiger partial charge in [-0.2, -0.15) is 0 Å². The number of nitrogens with one attached hydrogen (secondary N) is 1. The minimum atomic E-state index is -0.543. The number of rotatable bonds is 4. The first-order valence-electron chi connectivity index (χ1n) is 6.65. The Labute approximate surface area is 119 Å². The average Bonchev–Trinajstić information content (AvgIpc) is 2.41. The third-order valence-electron chi connectivity index (χ3n) is 2.99. The summed E-state index contributed by atoms with van der Waals surface area (Å²) >= 11 is 0. The first kappa shape index (κ1) is 14.1. The maximum Gasteiger partial charge on any atom is 0.265 e. The van der Waals surface area contributed by atoms with Crippen LogP contribution in [0.2, 0.25) is 0 Å². The van der Waals surface area contributed by atoms with Gasteiger partial charge in [0.25, 0.3) is 5.91 Å². The molecule has 1 N–H and O–H groups in total. The van der Waals surface area contributed by atoms with E-state index in [4.69, 9.17) is 4.74 Å². The van der Waals surface area contributed by atoms with Gasteiger partial charge in [0.05, 0.1) is 0 Å². The van der Waals surface area contributed by atoms with Crippen LogP contribution in [0.5, 0.6) is 5.75 Å². The van der Waals surface area contributed by atoms with Crippen LogP contribution >= 0.6 is 0 Å². The number of carbonyl (C=O) groups excluding carboxylic acids is 1. The summed E-state index contributed by atoms with van der Waals surface area (Å²) in [6, 6.07) is 15.3. The van der Waals surface area contributed by atoms with Crippen LogP contribution in [0.15, 0.2) is 48.5 Å². The van der Waals surface area contributed by atoms with Gasteiger partial charge in [-0.15, -0.1) is 0 Å². The van der Waals surface area contributed by atoms with Crippen LogP contribution in [0.3, 0.4) is 0 Å². The average molecular weight is 269 g/mol. The highest BCUT2D eigenvalue weighted by atomic mass is 16.5. The lowest BCUT2D eigenvalue weighted by molar-refractivity contribution is -0.122. The van der Waals surface area contributed by atoms with E-state index in [0.29, 0.717) is 5.75 Å². The lowest BCUT2D eigenvalue weighted by atomic mass is 10.2. The molecule has 0 heterocycles. The van der Waals surface area contributed by atoms with Crippen molar-refractivity contribution in [1.29, 1.82) is 0 Å². The van der Waals surface area contributed by atoms with E-state index >= 15 is 0 Å². The molecule has 0 aliphatic rings. The second-order valence-electron chi connectivity index (χ2n) is 4.93. The standard InChI is InChI=1S/C17H19NO2/c1-12-7-9-16(10-8-12)20-14(3)17(19)18-15-6-4-5-13(2)11-15/h4-11,14H,1-3H3,(H,18,19)/t14-/m1/s1. The van der Waals surface area contributed by atoms with Crippen LogP contribution in [-0.2, 0) is 4.79 Å². The highest BCUT2D eigenvalue weighted by Gasteiger charge is 2.14. The maximum atomic E-state index is 12.1. The van der Waals surface area contributed by atoms with Gasteiger partial charge in [-0.25, -0.2) is 0 Å². The van der Waals surface area contributed by atoms with E-state index in [1.54, 1.807) is 6.92 Å². The van der Waals surface area contributed by atoms with Gasteiger partial charge in [-0.05, 0) is 50.6 Å². The van der Waals surface area contributed by atoms with Crippen LogP contribution in [-0.4, -0.2) is 12.0 Å². The van der Waals surface area contributed by atoms with Crippen LogP contribution in [0.25, 0.3) is 0 Å². The molecule has 0 saturated heterocycles. The molecule has 104 valence electrons. The summed E-state index contributed by atoms with van der Waals surface area (Å²) in [5, 5.41) is 2.85. The molecule has 0 saturated carbocycles. The molecule has 2 aromatic rings. The van der Waals surface area contributed by atoms with Crippen molar-refractivity contribution in [3.63, 3.8) is 0 Å². The Hall–Kier alpha value is -2.29. The summed E-state index contributed by atoms with van der Waals surface area (Å²) in [6.45, 7) is 5.74. The van der Waals surface area contributed by atoms with Crippen molar-refractivity contribution >= 4 is 11.6 Å². The predicted molar refractivity (Wildman–Crippen MR) is 81.1 cm³/mol. The summed E-state index contributed by atoms with van der Waals surface area (Å²) in [5.74, 6) is 0.540. The molecule has 0 aromatic heterocycles. The number of carbonyl (C=O) groups is 1. The minimum Gasteiger partial charge on any atom is -0.481 e. The fourth-order valence-corrected chi connectivity index (χ4v) is 1.84. The molecule has 3 nitrogen and oxygen atoms in total. The molecule has 0 unspecified atom stereocenters. The van der Waals surface area contributed by atoms with Crippen molar-refractivity contribution < 1.29 is 9.53 Å². The Kier molecular flexibility index (Phi) is 4.41. The monoisotopic (exact) mass is 269 g/mol. The molecule has 1 amide bonds. The Morgan fingerprint density at radius 2 is 1.75 bits per heavy atom. The van der Waals surface area contributed by atoms with Gasteiger partial charge in [-0.1, -0.05) is 29.8 Å². The van der Waals surface area contributed by atoms with Crippen molar-refractivity contribution in [1.82, 2.24) is 0 Å². The van der Waals surface area contributed by atoms with E-state index in [1.807, 2.05) is 62.4 Å². The molecule has 0 bridgehead atoms. The van der Waals surface area contributed by atoms with Gasteiger partial charge in [0, 0.05) is 5.69 Å². The summed E-state index contributed by atoms with van der Waals surface area (Å²) in [7, 11) is 0. The molecule has 0 spiro atoms. The molecule has 0 radical (unpaired) electrons. The normalized spacial score (nSPS) is 11.8. The molecule has 1 atom stereocenters. The lowest BCUT2D eigenvalue weighted by Crippen LogP contribution is -2.30. The molecule has 2 rings (SSSR count). The molecular weight excluding hydrogens is 250 g/mol. The van der Waals surface area contributed by atoms with E-state index in [0.717, 1.165) is 16.8 Å². The zero-order valence-electron chi connectivity index (χ0n) is 12.0. The number of benzene rings is 2. The summed E-state index contributed by atoms with van der Waals surface area (Å²) in [6.07, 6.45) is -0.543. The van der Waals surface area contributed by atoms with Crippen LogP contribution in [0.4, 0.5) is 5.69 Å². The van der Waals surface area contributed by atoms with Crippen molar-refractivity contribution in [2.75, 3.05) is 5.32 Å². The van der Waals surface area contributed by atoms with Crippen LogP contribution in [0.1, 0.15) is 18.1 Å². The number of ether oxygens (including phenoxy) is 1. The number of anilines is 1. The Balaban J connectivity index is 1.96. The van der Waals surface area contributed by atoms with Crippen molar-refractivity contribution in [3.05, 3.63) is 59.7 Å². The highest BCUT2D eigenvalue weighted by Crippen LogP contribution is 2.15. The van der Waals surface area contributed by atoms with Crippen molar-refractivity contribution in [3.8, 4) is 5.75 Å². The van der Waals surface area contributed by atoms with Gasteiger partial charge < -0.3 is 10.1 Å². The van der Waals surface area contributed by atoms with Gasteiger partial charge >= 0.3 is 0 Å². The fraction of sp³-hybridized carbons (Fsp3) is 0.235. The SMILES string of the molecule is Cc1ccc(O[C@H](C)C(=O)Nc2cccc(C)c2)cc1. The third kappa shape index (κ3) is 3.85. The summed E-state index contributed by atoms with van der Waals surface area (Å²) < 4.78 is 5.62. The maximum absolute atomic E-state index is 12.1. The largest absolute Gasteiger partial charge is 0.481 e. The van der Waals surface area contributed by atoms with E-state index in [1.165, 1.54) is 0 Å². The zero-order chi connectivity index (χ0) is 14.5. The van der Waals surface area contributed by atoms with Crippen molar-refractivity contribution in [2.24, 2.45) is 0 Å². The Morgan fingerprint density at radius 1 is 1.05 bits per heavy atom. The van der Waals surface area contributed by atoms with Gasteiger partial charge in [0.1, 0.15) is 5.75 Å². The van der Waals surface area contributed by atoms with E-state index in [2.05, 4.69) is 5.32 Å². The zero-order valence-corrected chi connectivity index (χ0v) is 12.0. The molecule has 0 fully saturated rings. The van der Waals surface area contributed by atoms with E-state index in [-0.39, 0.29) is 5.91 Å². The van der Waals surface area contributed by atoms with Crippen LogP contribution in [0, 0.1) is 13.8 Å². The molecule has 0 aliphatic carbocycles. The Bertz CT molecular complexity index is 590. The van der Waals surface area contributed by atoms with Crippen molar-refractivity contribution in [2.45, 2.75) is 26.9 Å². The van der Waals surface area contributed by atoms with Gasteiger partial charge in [-0.3, -0.25) is 4.79 Å². The number of amides is 1. The molecule has 0 aliphatic heterocycles. The highest BCUT2D eigenvalue weighted by molar-refractivity contribution is 5.94. The number of hydrogen-bond acceptors (Lipinski definition) is 2. The van der Waals surface area contributed by atoms with Crippen LogP contribution < -0.4 is 10.1 Å².